The Morgan fingerprint density at radius 3 is 2.86 bits per heavy atom. The molecule has 1 saturated heterocycles. The molecule has 2 heterocycles. The van der Waals surface area contributed by atoms with Crippen molar-refractivity contribution in [1.29, 1.82) is 0 Å². The van der Waals surface area contributed by atoms with E-state index in [0.29, 0.717) is 17.2 Å². The lowest BCUT2D eigenvalue weighted by Gasteiger charge is -2.38. The van der Waals surface area contributed by atoms with Crippen LogP contribution in [-0.2, 0) is 0 Å². The molecule has 3 rings (SSSR count). The Morgan fingerprint density at radius 1 is 1.33 bits per heavy atom. The van der Waals surface area contributed by atoms with E-state index in [1.54, 1.807) is 0 Å². The first-order valence-corrected chi connectivity index (χ1v) is 9.25. The van der Waals surface area contributed by atoms with Gasteiger partial charge in [0.15, 0.2) is 0 Å². The topological polar surface area (TPSA) is 41.0 Å². The van der Waals surface area contributed by atoms with Gasteiger partial charge in [-0.2, -0.15) is 11.8 Å². The Bertz CT molecular complexity index is 489. The lowest BCUT2D eigenvalue weighted by molar-refractivity contribution is 0.617. The van der Waals surface area contributed by atoms with Gasteiger partial charge in [0.05, 0.1) is 0 Å². The largest absolute Gasteiger partial charge is 0.370 e. The smallest absolute Gasteiger partial charge is 0.136 e. The van der Waals surface area contributed by atoms with E-state index in [1.807, 2.05) is 0 Å². The molecule has 2 aliphatic rings. The van der Waals surface area contributed by atoms with E-state index < -0.39 is 0 Å². The van der Waals surface area contributed by atoms with Crippen LogP contribution in [0.4, 0.5) is 11.6 Å². The lowest BCUT2D eigenvalue weighted by Crippen LogP contribution is -2.45. The Hall–Kier alpha value is -0.970. The van der Waals surface area contributed by atoms with Crippen LogP contribution in [0.1, 0.15) is 51.8 Å². The first kappa shape index (κ1) is 14.9. The molecule has 116 valence electrons. The Morgan fingerprint density at radius 2 is 2.14 bits per heavy atom. The second-order valence-corrected chi connectivity index (χ2v) is 7.67. The SMILES string of the molecule is CCCNc1cc(N2CCSC(C)C2C)nc(C2CC2)n1. The summed E-state index contributed by atoms with van der Waals surface area (Å²) >= 11 is 2.06. The van der Waals surface area contributed by atoms with Crippen molar-refractivity contribution in [3.8, 4) is 0 Å². The van der Waals surface area contributed by atoms with Crippen LogP contribution in [0.3, 0.4) is 0 Å². The number of thioether (sulfide) groups is 1. The van der Waals surface area contributed by atoms with Crippen molar-refractivity contribution in [3.63, 3.8) is 0 Å². The first-order valence-electron chi connectivity index (χ1n) is 8.20. The van der Waals surface area contributed by atoms with Gasteiger partial charge in [0.25, 0.3) is 0 Å². The molecule has 2 unspecified atom stereocenters. The summed E-state index contributed by atoms with van der Waals surface area (Å²) in [6, 6.07) is 2.67. The summed E-state index contributed by atoms with van der Waals surface area (Å²) in [7, 11) is 0. The van der Waals surface area contributed by atoms with Gasteiger partial charge in [-0.3, -0.25) is 0 Å². The van der Waals surface area contributed by atoms with Crippen molar-refractivity contribution in [3.05, 3.63) is 11.9 Å². The molecule has 1 aliphatic heterocycles. The lowest BCUT2D eigenvalue weighted by atomic mass is 10.2. The molecule has 0 amide bonds. The van der Waals surface area contributed by atoms with Crippen LogP contribution < -0.4 is 10.2 Å². The van der Waals surface area contributed by atoms with E-state index in [2.05, 4.69) is 48.8 Å². The predicted molar refractivity (Wildman–Crippen MR) is 91.5 cm³/mol. The van der Waals surface area contributed by atoms with Crippen LogP contribution in [0.25, 0.3) is 0 Å². The standard InChI is InChI=1S/C16H26N4S/c1-4-7-17-14-10-15(19-16(18-14)13-5-6-13)20-8-9-21-12(3)11(20)2/h10-13H,4-9H2,1-3H3,(H,17,18,19). The second kappa shape index (κ2) is 6.42. The van der Waals surface area contributed by atoms with Gasteiger partial charge < -0.3 is 10.2 Å². The number of hydrogen-bond donors (Lipinski definition) is 1. The number of nitrogens with zero attached hydrogens (tertiary/aromatic N) is 3. The van der Waals surface area contributed by atoms with Gasteiger partial charge in [-0.15, -0.1) is 0 Å². The molecule has 0 spiro atoms. The van der Waals surface area contributed by atoms with Gasteiger partial charge in [0.1, 0.15) is 17.5 Å². The average Bonchev–Trinajstić information content (AvgIpc) is 3.32. The summed E-state index contributed by atoms with van der Waals surface area (Å²) in [5, 5.41) is 4.10. The van der Waals surface area contributed by atoms with E-state index >= 15 is 0 Å². The van der Waals surface area contributed by atoms with Crippen molar-refractivity contribution >= 4 is 23.4 Å². The third kappa shape index (κ3) is 3.44. The first-order chi connectivity index (χ1) is 10.2. The molecule has 1 saturated carbocycles. The molecule has 5 heteroatoms. The van der Waals surface area contributed by atoms with Crippen LogP contribution in [0, 0.1) is 0 Å². The summed E-state index contributed by atoms with van der Waals surface area (Å²) < 4.78 is 0. The minimum Gasteiger partial charge on any atom is -0.370 e. The maximum Gasteiger partial charge on any atom is 0.136 e. The maximum absolute atomic E-state index is 4.88. The maximum atomic E-state index is 4.88. The molecule has 0 radical (unpaired) electrons. The number of nitrogens with one attached hydrogen (secondary N) is 1. The highest BCUT2D eigenvalue weighted by atomic mass is 32.2. The van der Waals surface area contributed by atoms with Gasteiger partial charge in [0.2, 0.25) is 0 Å². The van der Waals surface area contributed by atoms with Crippen LogP contribution in [-0.4, -0.2) is 40.1 Å². The molecule has 0 bridgehead atoms. The number of aromatic nitrogens is 2. The highest BCUT2D eigenvalue weighted by molar-refractivity contribution is 8.00. The molecule has 2 atom stereocenters. The molecule has 0 aromatic carbocycles. The summed E-state index contributed by atoms with van der Waals surface area (Å²) in [5.41, 5.74) is 0. The molecule has 4 nitrogen and oxygen atoms in total. The minimum absolute atomic E-state index is 0.532. The molecular formula is C16H26N4S. The predicted octanol–water partition coefficient (Wildman–Crippen LogP) is 3.51. The molecule has 1 aliphatic carbocycles. The quantitative estimate of drug-likeness (QED) is 0.901. The minimum atomic E-state index is 0.532. The van der Waals surface area contributed by atoms with Crippen molar-refractivity contribution in [2.24, 2.45) is 0 Å². The van der Waals surface area contributed by atoms with Gasteiger partial charge in [0, 0.05) is 42.1 Å². The highest BCUT2D eigenvalue weighted by Crippen LogP contribution is 2.39. The van der Waals surface area contributed by atoms with Crippen LogP contribution in [0.15, 0.2) is 6.07 Å². The molecule has 1 N–H and O–H groups in total. The van der Waals surface area contributed by atoms with Crippen LogP contribution in [0.2, 0.25) is 0 Å². The van der Waals surface area contributed by atoms with Crippen molar-refractivity contribution < 1.29 is 0 Å². The van der Waals surface area contributed by atoms with Gasteiger partial charge >= 0.3 is 0 Å². The third-order valence-corrected chi connectivity index (χ3v) is 5.74. The molecule has 21 heavy (non-hydrogen) atoms. The third-order valence-electron chi connectivity index (χ3n) is 4.41. The van der Waals surface area contributed by atoms with Crippen molar-refractivity contribution in [1.82, 2.24) is 9.97 Å². The van der Waals surface area contributed by atoms with E-state index in [1.165, 1.54) is 18.6 Å². The number of anilines is 2. The molecule has 2 fully saturated rings. The van der Waals surface area contributed by atoms with Crippen molar-refractivity contribution in [2.75, 3.05) is 29.1 Å². The number of rotatable bonds is 5. The molecular weight excluding hydrogens is 280 g/mol. The summed E-state index contributed by atoms with van der Waals surface area (Å²) in [6.45, 7) is 8.88. The zero-order valence-electron chi connectivity index (χ0n) is 13.3. The summed E-state index contributed by atoms with van der Waals surface area (Å²) in [4.78, 5) is 12.1. The zero-order valence-corrected chi connectivity index (χ0v) is 14.1. The molecule has 1 aromatic heterocycles. The fraction of sp³-hybridized carbons (Fsp3) is 0.750. The van der Waals surface area contributed by atoms with Gasteiger partial charge in [-0.05, 0) is 26.2 Å². The van der Waals surface area contributed by atoms with E-state index in [4.69, 9.17) is 9.97 Å². The summed E-state index contributed by atoms with van der Waals surface area (Å²) in [5.74, 6) is 4.95. The highest BCUT2D eigenvalue weighted by Gasteiger charge is 2.30. The number of hydrogen-bond acceptors (Lipinski definition) is 5. The fourth-order valence-electron chi connectivity index (χ4n) is 2.72. The van der Waals surface area contributed by atoms with E-state index in [9.17, 15) is 0 Å². The van der Waals surface area contributed by atoms with Gasteiger partial charge in [-0.25, -0.2) is 9.97 Å². The van der Waals surface area contributed by atoms with Gasteiger partial charge in [-0.1, -0.05) is 13.8 Å². The normalized spacial score (nSPS) is 26.0. The Kier molecular flexibility index (Phi) is 4.57. The van der Waals surface area contributed by atoms with Crippen LogP contribution >= 0.6 is 11.8 Å². The van der Waals surface area contributed by atoms with E-state index in [0.717, 1.165) is 37.0 Å². The summed E-state index contributed by atoms with van der Waals surface area (Å²) in [6.07, 6.45) is 3.61. The Balaban J connectivity index is 1.86. The fourth-order valence-corrected chi connectivity index (χ4v) is 3.82. The monoisotopic (exact) mass is 306 g/mol. The molecule has 1 aromatic rings. The van der Waals surface area contributed by atoms with E-state index in [-0.39, 0.29) is 0 Å². The van der Waals surface area contributed by atoms with Crippen LogP contribution in [0.5, 0.6) is 0 Å². The Labute approximate surface area is 132 Å². The van der Waals surface area contributed by atoms with Crippen molar-refractivity contribution in [2.45, 2.75) is 57.2 Å². The zero-order chi connectivity index (χ0) is 14.8. The average molecular weight is 306 g/mol. The second-order valence-electron chi connectivity index (χ2n) is 6.18.